The molecule has 2 aromatic carbocycles. The first-order valence-corrected chi connectivity index (χ1v) is 8.72. The van der Waals surface area contributed by atoms with E-state index in [-0.39, 0.29) is 0 Å². The Morgan fingerprint density at radius 2 is 1.75 bits per heavy atom. The van der Waals surface area contributed by atoms with Crippen LogP contribution in [0.2, 0.25) is 10.0 Å². The fourth-order valence-corrected chi connectivity index (χ4v) is 3.07. The van der Waals surface area contributed by atoms with Gasteiger partial charge in [0.05, 0.1) is 26.6 Å². The Morgan fingerprint density at radius 3 is 2.40 bits per heavy atom. The minimum atomic E-state index is -1.09. The molecule has 1 nitrogen and oxygen atoms in total. The maximum absolute atomic E-state index is 12.0. The topological polar surface area (TPSA) is 17.1 Å². The van der Waals surface area contributed by atoms with E-state index in [1.165, 1.54) is 0 Å². The Bertz CT molecular complexity index is 653. The van der Waals surface area contributed by atoms with Gasteiger partial charge >= 0.3 is 0 Å². The van der Waals surface area contributed by atoms with E-state index in [4.69, 9.17) is 23.2 Å². The molecule has 0 saturated heterocycles. The van der Waals surface area contributed by atoms with Crippen LogP contribution in [-0.4, -0.2) is 4.21 Å². The molecule has 0 amide bonds. The molecule has 1 atom stereocenters. The molecule has 0 spiro atoms. The van der Waals surface area contributed by atoms with E-state index in [0.29, 0.717) is 15.8 Å². The number of rotatable bonds is 4. The van der Waals surface area contributed by atoms with Crippen molar-refractivity contribution < 1.29 is 4.21 Å². The van der Waals surface area contributed by atoms with Gasteiger partial charge in [0.15, 0.2) is 0 Å². The van der Waals surface area contributed by atoms with Crippen LogP contribution >= 0.6 is 39.1 Å². The summed E-state index contributed by atoms with van der Waals surface area (Å²) in [4.78, 5) is 0. The third-order valence-electron chi connectivity index (χ3n) is 2.58. The number of halogens is 3. The molecule has 20 heavy (non-hydrogen) atoms. The zero-order valence-electron chi connectivity index (χ0n) is 10.4. The van der Waals surface area contributed by atoms with Gasteiger partial charge in [0.1, 0.15) is 0 Å². The molecule has 0 saturated carbocycles. The fourth-order valence-electron chi connectivity index (χ4n) is 1.57. The molecular weight excluding hydrogens is 379 g/mol. The van der Waals surface area contributed by atoms with Crippen molar-refractivity contribution in [2.75, 3.05) is 0 Å². The van der Waals surface area contributed by atoms with Crippen LogP contribution in [0.25, 0.3) is 6.08 Å². The fraction of sp³-hybridized carbons (Fsp3) is 0.0667. The van der Waals surface area contributed by atoms with E-state index in [1.807, 2.05) is 36.4 Å². The summed E-state index contributed by atoms with van der Waals surface area (Å²) in [5.74, 6) is 0.421. The van der Waals surface area contributed by atoms with Crippen LogP contribution in [-0.2, 0) is 16.6 Å². The van der Waals surface area contributed by atoms with Crippen molar-refractivity contribution in [2.45, 2.75) is 5.75 Å². The SMILES string of the molecule is O=S(C=Cc1ccc(Br)cc1)Cc1ccc(Cl)c(Cl)c1. The quantitative estimate of drug-likeness (QED) is 0.657. The molecule has 104 valence electrons. The van der Waals surface area contributed by atoms with E-state index in [0.717, 1.165) is 15.6 Å². The Balaban J connectivity index is 2.01. The van der Waals surface area contributed by atoms with Crippen molar-refractivity contribution in [2.24, 2.45) is 0 Å². The second kappa shape index (κ2) is 7.41. The molecule has 0 aliphatic rings. The molecule has 2 aromatic rings. The van der Waals surface area contributed by atoms with Gasteiger partial charge in [-0.1, -0.05) is 57.3 Å². The zero-order chi connectivity index (χ0) is 14.5. The summed E-state index contributed by atoms with van der Waals surface area (Å²) >= 11 is 15.2. The normalized spacial score (nSPS) is 12.8. The number of hydrogen-bond donors (Lipinski definition) is 0. The van der Waals surface area contributed by atoms with Gasteiger partial charge in [-0.3, -0.25) is 4.21 Å². The molecule has 2 rings (SSSR count). The average Bonchev–Trinajstić information content (AvgIpc) is 2.42. The van der Waals surface area contributed by atoms with Crippen molar-refractivity contribution in [3.63, 3.8) is 0 Å². The summed E-state index contributed by atoms with van der Waals surface area (Å²) in [5, 5.41) is 2.68. The smallest absolute Gasteiger partial charge is 0.0595 e. The van der Waals surface area contributed by atoms with Crippen LogP contribution in [0.5, 0.6) is 0 Å². The van der Waals surface area contributed by atoms with Crippen molar-refractivity contribution >= 4 is 56.0 Å². The average molecular weight is 390 g/mol. The predicted molar refractivity (Wildman–Crippen MR) is 91.5 cm³/mol. The number of hydrogen-bond acceptors (Lipinski definition) is 1. The molecule has 5 heteroatoms. The van der Waals surface area contributed by atoms with Gasteiger partial charge in [0.2, 0.25) is 0 Å². The molecule has 0 fully saturated rings. The highest BCUT2D eigenvalue weighted by Gasteiger charge is 2.02. The first-order valence-electron chi connectivity index (χ1n) is 5.79. The number of benzene rings is 2. The second-order valence-corrected chi connectivity index (χ2v) is 7.18. The molecule has 0 aliphatic carbocycles. The van der Waals surface area contributed by atoms with Gasteiger partial charge in [0.25, 0.3) is 0 Å². The van der Waals surface area contributed by atoms with Crippen LogP contribution in [0.1, 0.15) is 11.1 Å². The molecule has 0 aromatic heterocycles. The highest BCUT2D eigenvalue weighted by Crippen LogP contribution is 2.23. The zero-order valence-corrected chi connectivity index (χ0v) is 14.3. The second-order valence-electron chi connectivity index (χ2n) is 4.13. The van der Waals surface area contributed by atoms with Crippen LogP contribution < -0.4 is 0 Å². The van der Waals surface area contributed by atoms with Gasteiger partial charge in [-0.2, -0.15) is 0 Å². The third-order valence-corrected chi connectivity index (χ3v) is 4.90. The maximum Gasteiger partial charge on any atom is 0.0595 e. The standard InChI is InChI=1S/C15H11BrCl2OS/c16-13-4-1-11(2-5-13)7-8-20(19)10-12-3-6-14(17)15(18)9-12/h1-9H,10H2. The molecule has 0 heterocycles. The lowest BCUT2D eigenvalue weighted by atomic mass is 10.2. The van der Waals surface area contributed by atoms with Crippen LogP contribution in [0, 0.1) is 0 Å². The van der Waals surface area contributed by atoms with E-state index in [1.54, 1.807) is 17.5 Å². The van der Waals surface area contributed by atoms with Crippen molar-refractivity contribution in [1.29, 1.82) is 0 Å². The minimum Gasteiger partial charge on any atom is -0.255 e. The van der Waals surface area contributed by atoms with Crippen LogP contribution in [0.4, 0.5) is 0 Å². The highest BCUT2D eigenvalue weighted by molar-refractivity contribution is 9.10. The maximum atomic E-state index is 12.0. The monoisotopic (exact) mass is 388 g/mol. The Hall–Kier alpha value is -0.610. The summed E-state index contributed by atoms with van der Waals surface area (Å²) in [7, 11) is -1.09. The Kier molecular flexibility index (Phi) is 5.85. The van der Waals surface area contributed by atoms with E-state index in [9.17, 15) is 4.21 Å². The minimum absolute atomic E-state index is 0.421. The summed E-state index contributed by atoms with van der Waals surface area (Å²) in [5.41, 5.74) is 1.91. The predicted octanol–water partition coefficient (Wildman–Crippen LogP) is 5.68. The summed E-state index contributed by atoms with van der Waals surface area (Å²) in [6.45, 7) is 0. The highest BCUT2D eigenvalue weighted by atomic mass is 79.9. The lowest BCUT2D eigenvalue weighted by Crippen LogP contribution is -1.91. The van der Waals surface area contributed by atoms with Crippen LogP contribution in [0.15, 0.2) is 52.3 Å². The lowest BCUT2D eigenvalue weighted by molar-refractivity contribution is 0.688. The Morgan fingerprint density at radius 1 is 1.05 bits per heavy atom. The van der Waals surface area contributed by atoms with E-state index >= 15 is 0 Å². The molecule has 0 N–H and O–H groups in total. The third kappa shape index (κ3) is 4.74. The molecular formula is C15H11BrCl2OS. The van der Waals surface area contributed by atoms with E-state index < -0.39 is 10.8 Å². The lowest BCUT2D eigenvalue weighted by Gasteiger charge is -2.01. The summed E-state index contributed by atoms with van der Waals surface area (Å²) < 4.78 is 13.0. The van der Waals surface area contributed by atoms with Crippen molar-refractivity contribution in [1.82, 2.24) is 0 Å². The van der Waals surface area contributed by atoms with E-state index in [2.05, 4.69) is 15.9 Å². The van der Waals surface area contributed by atoms with Crippen molar-refractivity contribution in [3.8, 4) is 0 Å². The molecule has 0 aliphatic heterocycles. The summed E-state index contributed by atoms with van der Waals surface area (Å²) in [6, 6.07) is 13.1. The van der Waals surface area contributed by atoms with Crippen molar-refractivity contribution in [3.05, 3.63) is 73.5 Å². The van der Waals surface area contributed by atoms with Gasteiger partial charge < -0.3 is 0 Å². The Labute approximate surface area is 139 Å². The molecule has 0 radical (unpaired) electrons. The molecule has 1 unspecified atom stereocenters. The first-order chi connectivity index (χ1) is 9.54. The van der Waals surface area contributed by atoms with Gasteiger partial charge in [0, 0.05) is 9.88 Å². The van der Waals surface area contributed by atoms with Crippen LogP contribution in [0.3, 0.4) is 0 Å². The van der Waals surface area contributed by atoms with Gasteiger partial charge in [-0.15, -0.1) is 0 Å². The summed E-state index contributed by atoms with van der Waals surface area (Å²) in [6.07, 6.45) is 1.85. The first kappa shape index (κ1) is 15.8. The van der Waals surface area contributed by atoms with Gasteiger partial charge in [-0.05, 0) is 41.5 Å². The largest absolute Gasteiger partial charge is 0.255 e. The molecule has 0 bridgehead atoms. The van der Waals surface area contributed by atoms with Gasteiger partial charge in [-0.25, -0.2) is 0 Å².